The fourth-order valence-electron chi connectivity index (χ4n) is 2.62. The third-order valence-corrected chi connectivity index (χ3v) is 4.47. The van der Waals surface area contributed by atoms with Crippen LogP contribution in [-0.2, 0) is 19.1 Å². The minimum Gasteiger partial charge on any atom is -0.461 e. The van der Waals surface area contributed by atoms with E-state index < -0.39 is 23.3 Å². The van der Waals surface area contributed by atoms with Gasteiger partial charge in [-0.25, -0.2) is 15.1 Å². The van der Waals surface area contributed by atoms with Gasteiger partial charge in [-0.15, -0.1) is 0 Å². The van der Waals surface area contributed by atoms with E-state index in [0.717, 1.165) is 4.90 Å². The summed E-state index contributed by atoms with van der Waals surface area (Å²) < 4.78 is 4.88. The maximum atomic E-state index is 12.8. The fourth-order valence-corrected chi connectivity index (χ4v) is 2.91. The Balaban J connectivity index is 1.92. The first-order chi connectivity index (χ1) is 11.4. The second kappa shape index (κ2) is 6.08. The van der Waals surface area contributed by atoms with E-state index in [0.29, 0.717) is 10.7 Å². The van der Waals surface area contributed by atoms with E-state index in [4.69, 9.17) is 27.9 Å². The van der Waals surface area contributed by atoms with Crippen LogP contribution in [0.4, 0.5) is 5.69 Å². The van der Waals surface area contributed by atoms with E-state index in [2.05, 4.69) is 10.9 Å². The van der Waals surface area contributed by atoms with Gasteiger partial charge in [-0.3, -0.25) is 9.59 Å². The molecule has 2 heterocycles. The molecule has 0 aromatic heterocycles. The summed E-state index contributed by atoms with van der Waals surface area (Å²) in [7, 11) is 0. The fraction of sp³-hybridized carbons (Fsp3) is 0.267. The SMILES string of the molecule is CCOC(=O)C1=C[C@]2(CC(=O)N(c3ccc(Cl)c(Cl)c3)C2=O)NN1. The lowest BCUT2D eigenvalue weighted by Crippen LogP contribution is -2.51. The predicted molar refractivity (Wildman–Crippen MR) is 87.3 cm³/mol. The molecule has 1 aromatic carbocycles. The molecule has 2 aliphatic heterocycles. The maximum Gasteiger partial charge on any atom is 0.355 e. The summed E-state index contributed by atoms with van der Waals surface area (Å²) in [4.78, 5) is 37.9. The summed E-state index contributed by atoms with van der Waals surface area (Å²) in [5, 5.41) is 0.551. The molecule has 0 saturated carbocycles. The van der Waals surface area contributed by atoms with Crippen molar-refractivity contribution in [2.75, 3.05) is 11.5 Å². The third-order valence-electron chi connectivity index (χ3n) is 3.73. The maximum absolute atomic E-state index is 12.8. The molecular weight excluding hydrogens is 357 g/mol. The Labute approximate surface area is 147 Å². The Morgan fingerprint density at radius 2 is 2.08 bits per heavy atom. The molecular formula is C15H13Cl2N3O4. The molecule has 1 spiro atoms. The highest BCUT2D eigenvalue weighted by atomic mass is 35.5. The number of hydrazine groups is 1. The van der Waals surface area contributed by atoms with E-state index >= 15 is 0 Å². The highest BCUT2D eigenvalue weighted by Gasteiger charge is 2.54. The van der Waals surface area contributed by atoms with Crippen LogP contribution in [0.2, 0.25) is 10.0 Å². The molecule has 0 unspecified atom stereocenters. The van der Waals surface area contributed by atoms with Gasteiger partial charge in [0.1, 0.15) is 11.2 Å². The van der Waals surface area contributed by atoms with Crippen LogP contribution in [0.3, 0.4) is 0 Å². The highest BCUT2D eigenvalue weighted by molar-refractivity contribution is 6.42. The topological polar surface area (TPSA) is 87.7 Å². The van der Waals surface area contributed by atoms with E-state index in [1.54, 1.807) is 6.92 Å². The van der Waals surface area contributed by atoms with Crippen LogP contribution in [0.15, 0.2) is 30.0 Å². The number of rotatable bonds is 3. The zero-order chi connectivity index (χ0) is 17.5. The number of nitrogens with one attached hydrogen (secondary N) is 2. The van der Waals surface area contributed by atoms with Crippen molar-refractivity contribution in [2.24, 2.45) is 0 Å². The summed E-state index contributed by atoms with van der Waals surface area (Å²) in [5.41, 5.74) is 4.40. The van der Waals surface area contributed by atoms with Gasteiger partial charge in [0.2, 0.25) is 5.91 Å². The van der Waals surface area contributed by atoms with Gasteiger partial charge in [-0.05, 0) is 31.2 Å². The molecule has 1 atom stereocenters. The van der Waals surface area contributed by atoms with E-state index in [9.17, 15) is 14.4 Å². The van der Waals surface area contributed by atoms with Crippen molar-refractivity contribution in [1.29, 1.82) is 0 Å². The second-order valence-corrected chi connectivity index (χ2v) is 6.12. The van der Waals surface area contributed by atoms with Crippen molar-refractivity contribution in [3.05, 3.63) is 40.0 Å². The van der Waals surface area contributed by atoms with Crippen LogP contribution < -0.4 is 15.8 Å². The molecule has 0 aliphatic carbocycles. The van der Waals surface area contributed by atoms with Crippen LogP contribution >= 0.6 is 23.2 Å². The summed E-state index contributed by atoms with van der Waals surface area (Å²) in [5.74, 6) is -1.54. The van der Waals surface area contributed by atoms with Crippen molar-refractivity contribution in [3.63, 3.8) is 0 Å². The lowest BCUT2D eigenvalue weighted by atomic mass is 9.98. The Bertz CT molecular complexity index is 780. The van der Waals surface area contributed by atoms with Crippen LogP contribution in [0.5, 0.6) is 0 Å². The van der Waals surface area contributed by atoms with Crippen LogP contribution in [0.25, 0.3) is 0 Å². The zero-order valence-corrected chi connectivity index (χ0v) is 14.1. The molecule has 1 fully saturated rings. The third kappa shape index (κ3) is 2.64. The van der Waals surface area contributed by atoms with Gasteiger partial charge in [-0.1, -0.05) is 23.2 Å². The molecule has 2 aliphatic rings. The van der Waals surface area contributed by atoms with E-state index in [1.165, 1.54) is 24.3 Å². The smallest absolute Gasteiger partial charge is 0.355 e. The Morgan fingerprint density at radius 1 is 1.33 bits per heavy atom. The van der Waals surface area contributed by atoms with Gasteiger partial charge >= 0.3 is 5.97 Å². The van der Waals surface area contributed by atoms with E-state index in [-0.39, 0.29) is 23.7 Å². The Morgan fingerprint density at radius 3 is 2.75 bits per heavy atom. The standard InChI is InChI=1S/C15H13Cl2N3O4/c1-2-24-13(22)11-6-15(19-18-11)7-12(21)20(14(15)23)8-3-4-9(16)10(17)5-8/h3-6,18-19H,2,7H2,1H3/t15-/m1/s1. The number of imide groups is 1. The molecule has 0 bridgehead atoms. The number of amides is 2. The molecule has 126 valence electrons. The van der Waals surface area contributed by atoms with Gasteiger partial charge in [-0.2, -0.15) is 0 Å². The first-order valence-electron chi connectivity index (χ1n) is 7.13. The Kier molecular flexibility index (Phi) is 4.25. The second-order valence-electron chi connectivity index (χ2n) is 5.31. The predicted octanol–water partition coefficient (Wildman–Crippen LogP) is 1.55. The Hall–Kier alpha value is -2.09. The van der Waals surface area contributed by atoms with Crippen LogP contribution in [0.1, 0.15) is 13.3 Å². The average Bonchev–Trinajstić information content (AvgIpc) is 3.06. The molecule has 1 aromatic rings. The lowest BCUT2D eigenvalue weighted by molar-refractivity contribution is -0.139. The first kappa shape index (κ1) is 16.8. The molecule has 2 N–H and O–H groups in total. The van der Waals surface area contributed by atoms with Crippen molar-refractivity contribution in [2.45, 2.75) is 18.9 Å². The van der Waals surface area contributed by atoms with Crippen molar-refractivity contribution in [3.8, 4) is 0 Å². The average molecular weight is 370 g/mol. The largest absolute Gasteiger partial charge is 0.461 e. The molecule has 2 amide bonds. The highest BCUT2D eigenvalue weighted by Crippen LogP contribution is 2.35. The minimum atomic E-state index is -1.33. The summed E-state index contributed by atoms with van der Waals surface area (Å²) in [6, 6.07) is 4.48. The number of esters is 1. The monoisotopic (exact) mass is 369 g/mol. The molecule has 24 heavy (non-hydrogen) atoms. The number of anilines is 1. The number of carbonyl (C=O) groups is 3. The van der Waals surface area contributed by atoms with Crippen LogP contribution in [-0.4, -0.2) is 29.9 Å². The number of halogens is 2. The number of ether oxygens (including phenoxy) is 1. The van der Waals surface area contributed by atoms with Gasteiger partial charge < -0.3 is 10.2 Å². The number of nitrogens with zero attached hydrogens (tertiary/aromatic N) is 1. The number of hydrogen-bond acceptors (Lipinski definition) is 6. The summed E-state index contributed by atoms with van der Waals surface area (Å²) in [6.45, 7) is 1.87. The number of carbonyl (C=O) groups excluding carboxylic acids is 3. The van der Waals surface area contributed by atoms with Crippen molar-refractivity contribution >= 4 is 46.7 Å². The molecule has 1 saturated heterocycles. The quantitative estimate of drug-likeness (QED) is 0.620. The van der Waals surface area contributed by atoms with Crippen molar-refractivity contribution < 1.29 is 19.1 Å². The number of benzene rings is 1. The van der Waals surface area contributed by atoms with Gasteiger partial charge in [0, 0.05) is 0 Å². The van der Waals surface area contributed by atoms with Crippen molar-refractivity contribution in [1.82, 2.24) is 10.9 Å². The van der Waals surface area contributed by atoms with Gasteiger partial charge in [0.05, 0.1) is 28.8 Å². The van der Waals surface area contributed by atoms with Gasteiger partial charge in [0.25, 0.3) is 5.91 Å². The minimum absolute atomic E-state index is 0.0917. The number of hydrogen-bond donors (Lipinski definition) is 2. The van der Waals surface area contributed by atoms with Crippen LogP contribution in [0, 0.1) is 0 Å². The molecule has 9 heteroatoms. The molecule has 0 radical (unpaired) electrons. The lowest BCUT2D eigenvalue weighted by Gasteiger charge is -2.20. The molecule has 7 nitrogen and oxygen atoms in total. The van der Waals surface area contributed by atoms with Gasteiger partial charge in [0.15, 0.2) is 0 Å². The zero-order valence-electron chi connectivity index (χ0n) is 12.6. The normalized spacial score (nSPS) is 22.8. The van der Waals surface area contributed by atoms with E-state index in [1.807, 2.05) is 0 Å². The summed E-state index contributed by atoms with van der Waals surface area (Å²) >= 11 is 11.8. The first-order valence-corrected chi connectivity index (χ1v) is 7.89. The molecule has 3 rings (SSSR count). The summed E-state index contributed by atoms with van der Waals surface area (Å²) in [6.07, 6.45) is 1.24.